The average molecular weight is 905 g/mol. The van der Waals surface area contributed by atoms with Gasteiger partial charge in [0.05, 0.1) is 65.6 Å². The van der Waals surface area contributed by atoms with Crippen LogP contribution in [0.25, 0.3) is 0 Å². The standard InChI is InChI=1S/C54H88O7Si2/c1-39(32-40(2)50(60-62(15,16)53(7,8)9)42(4)34-57-37-46-24-28-48(55-13)29-25-46)33-41(3)52(61-63(17,18)54(10,11)12)44(6)51(59-38-47-26-30-49(56-14)31-27-47)43(5)35-58-36-45-22-20-19-21-23-45/h19-32,40-44,50-52H,33-38H2,1-18H3/t40?,41?,42-,43-,44+,50?,51-,52?/m0/s1. The molecule has 7 nitrogen and oxygen atoms in total. The van der Waals surface area contributed by atoms with Gasteiger partial charge in [0.15, 0.2) is 16.6 Å². The van der Waals surface area contributed by atoms with Gasteiger partial charge in [-0.25, -0.2) is 0 Å². The summed E-state index contributed by atoms with van der Waals surface area (Å²) in [7, 11) is -0.909. The van der Waals surface area contributed by atoms with Gasteiger partial charge in [-0.1, -0.05) is 142 Å². The number of allylic oxidation sites excluding steroid dienone is 1. The van der Waals surface area contributed by atoms with E-state index in [1.165, 1.54) is 11.1 Å². The molecule has 0 N–H and O–H groups in total. The molecule has 9 heteroatoms. The Labute approximate surface area is 387 Å². The van der Waals surface area contributed by atoms with E-state index in [-0.39, 0.29) is 58.0 Å². The monoisotopic (exact) mass is 905 g/mol. The molecule has 63 heavy (non-hydrogen) atoms. The molecule has 0 saturated carbocycles. The molecule has 0 aliphatic carbocycles. The van der Waals surface area contributed by atoms with Crippen molar-refractivity contribution in [3.63, 3.8) is 0 Å². The lowest BCUT2D eigenvalue weighted by molar-refractivity contribution is -0.0891. The lowest BCUT2D eigenvalue weighted by Crippen LogP contribution is -2.50. The van der Waals surface area contributed by atoms with E-state index < -0.39 is 16.6 Å². The molecule has 0 aliphatic rings. The van der Waals surface area contributed by atoms with Crippen LogP contribution in [-0.2, 0) is 42.9 Å². The number of hydrogen-bond donors (Lipinski definition) is 0. The van der Waals surface area contributed by atoms with E-state index in [1.54, 1.807) is 14.2 Å². The summed E-state index contributed by atoms with van der Waals surface area (Å²) in [5.74, 6) is 2.51. The number of hydrogen-bond acceptors (Lipinski definition) is 7. The van der Waals surface area contributed by atoms with Gasteiger partial charge in [-0.2, -0.15) is 0 Å². The topological polar surface area (TPSA) is 64.6 Å². The Morgan fingerprint density at radius 1 is 0.540 bits per heavy atom. The fourth-order valence-corrected chi connectivity index (χ4v) is 10.9. The highest BCUT2D eigenvalue weighted by molar-refractivity contribution is 6.74. The van der Waals surface area contributed by atoms with Gasteiger partial charge in [0, 0.05) is 17.8 Å². The minimum Gasteiger partial charge on any atom is -0.497 e. The van der Waals surface area contributed by atoms with Crippen molar-refractivity contribution in [2.24, 2.45) is 29.6 Å². The van der Waals surface area contributed by atoms with Gasteiger partial charge in [0.1, 0.15) is 11.5 Å². The van der Waals surface area contributed by atoms with Gasteiger partial charge in [-0.3, -0.25) is 0 Å². The molecule has 0 amide bonds. The first kappa shape index (κ1) is 54.6. The second-order valence-electron chi connectivity index (χ2n) is 21.5. The van der Waals surface area contributed by atoms with Crippen LogP contribution >= 0.6 is 0 Å². The molecule has 4 unspecified atom stereocenters. The smallest absolute Gasteiger partial charge is 0.192 e. The molecule has 0 saturated heterocycles. The molecule has 0 aliphatic heterocycles. The molecule has 3 aromatic rings. The molecule has 0 heterocycles. The van der Waals surface area contributed by atoms with Crippen LogP contribution in [0, 0.1) is 29.6 Å². The first-order valence-electron chi connectivity index (χ1n) is 23.5. The molecular formula is C54H88O7Si2. The second-order valence-corrected chi connectivity index (χ2v) is 31.1. The van der Waals surface area contributed by atoms with E-state index in [2.05, 4.69) is 164 Å². The second kappa shape index (κ2) is 24.7. The molecule has 3 aromatic carbocycles. The number of rotatable bonds is 26. The van der Waals surface area contributed by atoms with Crippen LogP contribution in [0.15, 0.2) is 90.5 Å². The minimum atomic E-state index is -2.20. The Morgan fingerprint density at radius 2 is 0.952 bits per heavy atom. The van der Waals surface area contributed by atoms with E-state index in [0.717, 1.165) is 29.0 Å². The van der Waals surface area contributed by atoms with E-state index in [4.69, 9.17) is 32.5 Å². The van der Waals surface area contributed by atoms with E-state index in [1.807, 2.05) is 30.3 Å². The van der Waals surface area contributed by atoms with Gasteiger partial charge in [0.25, 0.3) is 0 Å². The van der Waals surface area contributed by atoms with E-state index in [0.29, 0.717) is 33.0 Å². The summed E-state index contributed by atoms with van der Waals surface area (Å²) >= 11 is 0. The Bertz CT molecular complexity index is 1760. The maximum absolute atomic E-state index is 7.53. The highest BCUT2D eigenvalue weighted by atomic mass is 28.4. The SMILES string of the molecule is COc1ccc(COC[C@H](C)C(O[Si](C)(C)C(C)(C)C)C(C)C=C(C)CC(C)C(O[Si](C)(C)C(C)(C)C)[C@H](C)[C@@H](OCc2ccc(OC)cc2)[C@@H](C)COCc2ccccc2)cc1. The van der Waals surface area contributed by atoms with Crippen molar-refractivity contribution in [1.29, 1.82) is 0 Å². The van der Waals surface area contributed by atoms with Crippen molar-refractivity contribution in [3.05, 3.63) is 107 Å². The van der Waals surface area contributed by atoms with Crippen LogP contribution in [0.5, 0.6) is 11.5 Å². The van der Waals surface area contributed by atoms with Crippen molar-refractivity contribution in [2.45, 2.75) is 164 Å². The van der Waals surface area contributed by atoms with Crippen LogP contribution < -0.4 is 9.47 Å². The van der Waals surface area contributed by atoms with Crippen molar-refractivity contribution >= 4 is 16.6 Å². The summed E-state index contributed by atoms with van der Waals surface area (Å²) in [6.45, 7) is 40.2. The molecule has 8 atom stereocenters. The van der Waals surface area contributed by atoms with Crippen LogP contribution in [0.2, 0.25) is 36.3 Å². The third-order valence-electron chi connectivity index (χ3n) is 13.8. The fraction of sp³-hybridized carbons (Fsp3) is 0.630. The number of methoxy groups -OCH3 is 2. The van der Waals surface area contributed by atoms with Gasteiger partial charge in [0.2, 0.25) is 0 Å². The van der Waals surface area contributed by atoms with Crippen LogP contribution in [-0.4, -0.2) is 62.4 Å². The zero-order valence-electron chi connectivity index (χ0n) is 42.8. The third-order valence-corrected chi connectivity index (χ3v) is 22.8. The zero-order chi connectivity index (χ0) is 47.2. The number of ether oxygens (including phenoxy) is 5. The Morgan fingerprint density at radius 3 is 1.40 bits per heavy atom. The maximum atomic E-state index is 7.53. The van der Waals surface area contributed by atoms with Gasteiger partial charge >= 0.3 is 0 Å². The largest absolute Gasteiger partial charge is 0.497 e. The van der Waals surface area contributed by atoms with E-state index in [9.17, 15) is 0 Å². The molecule has 3 rings (SSSR count). The Balaban J connectivity index is 1.92. The van der Waals surface area contributed by atoms with Crippen LogP contribution in [0.4, 0.5) is 0 Å². The van der Waals surface area contributed by atoms with Gasteiger partial charge in [-0.15, -0.1) is 0 Å². The summed E-state index contributed by atoms with van der Waals surface area (Å²) < 4.78 is 45.4. The first-order chi connectivity index (χ1) is 29.4. The Hall–Kier alpha value is -2.77. The van der Waals surface area contributed by atoms with Crippen LogP contribution in [0.1, 0.15) is 106 Å². The molecule has 0 fully saturated rings. The molecule has 354 valence electrons. The van der Waals surface area contributed by atoms with Gasteiger partial charge in [-0.05, 0) is 102 Å². The molecular weight excluding hydrogens is 817 g/mol. The van der Waals surface area contributed by atoms with Crippen molar-refractivity contribution < 1.29 is 32.5 Å². The third kappa shape index (κ3) is 17.2. The molecule has 0 bridgehead atoms. The zero-order valence-corrected chi connectivity index (χ0v) is 44.8. The predicted molar refractivity (Wildman–Crippen MR) is 269 cm³/mol. The van der Waals surface area contributed by atoms with Crippen molar-refractivity contribution in [3.8, 4) is 11.5 Å². The fourth-order valence-electron chi connectivity index (χ4n) is 7.90. The summed E-state index contributed by atoms with van der Waals surface area (Å²) in [5.41, 5.74) is 4.78. The summed E-state index contributed by atoms with van der Waals surface area (Å²) in [4.78, 5) is 0. The highest BCUT2D eigenvalue weighted by Gasteiger charge is 2.44. The average Bonchev–Trinajstić information content (AvgIpc) is 3.21. The van der Waals surface area contributed by atoms with Crippen molar-refractivity contribution in [1.82, 2.24) is 0 Å². The number of benzene rings is 3. The lowest BCUT2D eigenvalue weighted by atomic mass is 9.81. The maximum Gasteiger partial charge on any atom is 0.192 e. The molecule has 0 aromatic heterocycles. The highest BCUT2D eigenvalue weighted by Crippen LogP contribution is 2.42. The lowest BCUT2D eigenvalue weighted by Gasteiger charge is -2.45. The van der Waals surface area contributed by atoms with Crippen molar-refractivity contribution in [2.75, 3.05) is 27.4 Å². The van der Waals surface area contributed by atoms with Crippen LogP contribution in [0.3, 0.4) is 0 Å². The predicted octanol–water partition coefficient (Wildman–Crippen LogP) is 14.3. The molecule has 0 radical (unpaired) electrons. The van der Waals surface area contributed by atoms with Gasteiger partial charge < -0.3 is 32.5 Å². The summed E-state index contributed by atoms with van der Waals surface area (Å²) in [6.07, 6.45) is 3.25. The summed E-state index contributed by atoms with van der Waals surface area (Å²) in [6, 6.07) is 26.7. The first-order valence-corrected chi connectivity index (χ1v) is 29.3. The summed E-state index contributed by atoms with van der Waals surface area (Å²) in [5, 5.41) is 0.135. The van der Waals surface area contributed by atoms with E-state index >= 15 is 0 Å². The Kier molecular flexibility index (Phi) is 21.4. The molecule has 0 spiro atoms. The quantitative estimate of drug-likeness (QED) is 0.0587. The normalized spacial score (nSPS) is 17.0. The minimum absolute atomic E-state index is 0.0117.